The van der Waals surface area contributed by atoms with Crippen LogP contribution in [-0.4, -0.2) is 19.2 Å². The maximum atomic E-state index is 9.29. The molecule has 0 aromatic heterocycles. The predicted molar refractivity (Wildman–Crippen MR) is 23.1 cm³/mol. The fraction of sp³-hybridized carbons (Fsp3) is 0. The Labute approximate surface area is 55.5 Å². The molecule has 0 saturated heterocycles. The van der Waals surface area contributed by atoms with Crippen LogP contribution in [0.2, 0.25) is 0 Å². The van der Waals surface area contributed by atoms with Crippen molar-refractivity contribution in [3.8, 4) is 0 Å². The third-order valence-corrected chi connectivity index (χ3v) is 1.50. The number of hydrogen-bond acceptors (Lipinski definition) is 2. The van der Waals surface area contributed by atoms with Gasteiger partial charge < -0.3 is 5.98 Å². The average molecular weight is 118 g/mol. The van der Waals surface area contributed by atoms with Gasteiger partial charge in [0.15, 0.2) is 0 Å². The second-order valence-corrected chi connectivity index (χ2v) is 2.54. The van der Waals surface area contributed by atoms with Crippen LogP contribution in [0.5, 0.6) is 0 Å². The van der Waals surface area contributed by atoms with Crippen LogP contribution in [0.3, 0.4) is 0 Å². The van der Waals surface area contributed by atoms with E-state index in [1.54, 1.807) is 0 Å². The van der Waals surface area contributed by atoms with Crippen LogP contribution < -0.4 is 23.2 Å². The standard InChI is InChI=1S/Li.H5NO2SSi.H/c;2-4(3)1-5;/h;1H,5H3,(H,2,3);/q+1;;-1/p-1. The Bertz CT molecular complexity index is 53.0. The molecule has 0 bridgehead atoms. The first kappa shape index (κ1) is 9.99. The summed E-state index contributed by atoms with van der Waals surface area (Å²) in [6, 6.07) is 0. The molecular weight excluding hydrogens is 113 g/mol. The summed E-state index contributed by atoms with van der Waals surface area (Å²) in [5.74, 6) is 0. The Hall–Kier alpha value is 0.884. The summed E-state index contributed by atoms with van der Waals surface area (Å²) in [6.45, 7) is 0. The zero-order valence-electron chi connectivity index (χ0n) is 4.72. The molecule has 6 heavy (non-hydrogen) atoms. The smallest absolute Gasteiger partial charge is 1.00 e. The Morgan fingerprint density at radius 1 is 2.00 bits per heavy atom. The fourth-order valence-corrected chi connectivity index (χ4v) is 0. The van der Waals surface area contributed by atoms with Crippen molar-refractivity contribution in [3.05, 3.63) is 0 Å². The zero-order valence-corrected chi connectivity index (χ0v) is 6.54. The summed E-state index contributed by atoms with van der Waals surface area (Å²) in [4.78, 5) is 0. The van der Waals surface area contributed by atoms with Gasteiger partial charge in [0.1, 0.15) is 0 Å². The monoisotopic (exact) mass is 118 g/mol. The first-order valence-electron chi connectivity index (χ1n) is 1.04. The molecule has 0 rings (SSSR count). The third kappa shape index (κ3) is 8.86. The van der Waals surface area contributed by atoms with Gasteiger partial charge in [-0.1, -0.05) is 0 Å². The quantitative estimate of drug-likeness (QED) is 0.276. The Kier molecular flexibility index (Phi) is 9.80. The summed E-state index contributed by atoms with van der Waals surface area (Å²) < 4.78 is 20.7. The summed E-state index contributed by atoms with van der Waals surface area (Å²) >= 11 is -2.01. The SMILES string of the molecule is O=S([O-])N[SiH3].[H-].[Li+]. The average Bonchev–Trinajstić information content (AvgIpc) is 1.38. The summed E-state index contributed by atoms with van der Waals surface area (Å²) in [7, 11) is 0.511. The van der Waals surface area contributed by atoms with E-state index in [9.17, 15) is 8.76 Å². The van der Waals surface area contributed by atoms with E-state index in [0.717, 1.165) is 0 Å². The van der Waals surface area contributed by atoms with Crippen LogP contribution >= 0.6 is 0 Å². The van der Waals surface area contributed by atoms with Crippen molar-refractivity contribution in [1.29, 1.82) is 0 Å². The van der Waals surface area contributed by atoms with Crippen molar-refractivity contribution >= 4 is 21.7 Å². The van der Waals surface area contributed by atoms with E-state index in [0.29, 0.717) is 10.4 Å². The summed E-state index contributed by atoms with van der Waals surface area (Å²) in [5.41, 5.74) is 0. The maximum absolute atomic E-state index is 9.29. The summed E-state index contributed by atoms with van der Waals surface area (Å²) in [5, 5.41) is 0. The number of hydrogen-bond donors (Lipinski definition) is 1. The molecule has 0 saturated carbocycles. The molecule has 0 heterocycles. The molecule has 0 amide bonds. The van der Waals surface area contributed by atoms with Crippen molar-refractivity contribution < 1.29 is 29.0 Å². The molecule has 0 radical (unpaired) electrons. The van der Waals surface area contributed by atoms with E-state index >= 15 is 0 Å². The van der Waals surface area contributed by atoms with Gasteiger partial charge in [0.05, 0.1) is 10.4 Å². The molecule has 0 spiro atoms. The van der Waals surface area contributed by atoms with Crippen LogP contribution in [0, 0.1) is 0 Å². The maximum Gasteiger partial charge on any atom is 1.00 e. The number of rotatable bonds is 1. The van der Waals surface area contributed by atoms with Gasteiger partial charge >= 0.3 is 18.9 Å². The predicted octanol–water partition coefficient (Wildman–Crippen LogP) is -5.23. The van der Waals surface area contributed by atoms with Gasteiger partial charge in [-0.05, 0) is 0 Å². The van der Waals surface area contributed by atoms with Gasteiger partial charge in [0, 0.05) is 11.3 Å². The van der Waals surface area contributed by atoms with Gasteiger partial charge in [-0.2, -0.15) is 0 Å². The van der Waals surface area contributed by atoms with Crippen LogP contribution in [0.15, 0.2) is 0 Å². The second kappa shape index (κ2) is 5.88. The van der Waals surface area contributed by atoms with Crippen molar-refractivity contribution in [1.82, 2.24) is 4.39 Å². The minimum atomic E-state index is -2.01. The van der Waals surface area contributed by atoms with Crippen LogP contribution in [0.4, 0.5) is 0 Å². The van der Waals surface area contributed by atoms with E-state index in [4.69, 9.17) is 0 Å². The van der Waals surface area contributed by atoms with E-state index < -0.39 is 11.3 Å². The first-order valence-corrected chi connectivity index (χ1v) is 3.11. The molecule has 6 heteroatoms. The Morgan fingerprint density at radius 3 is 2.17 bits per heavy atom. The molecule has 0 aromatic carbocycles. The molecule has 1 atom stereocenters. The van der Waals surface area contributed by atoms with Gasteiger partial charge in [-0.3, -0.25) is 8.60 Å². The Morgan fingerprint density at radius 2 is 2.17 bits per heavy atom. The van der Waals surface area contributed by atoms with Crippen molar-refractivity contribution in [2.75, 3.05) is 0 Å². The molecule has 0 aromatic rings. The van der Waals surface area contributed by atoms with Crippen molar-refractivity contribution in [2.45, 2.75) is 0 Å². The summed E-state index contributed by atoms with van der Waals surface area (Å²) in [6.07, 6.45) is 0. The van der Waals surface area contributed by atoms with E-state index in [1.165, 1.54) is 0 Å². The van der Waals surface area contributed by atoms with Crippen molar-refractivity contribution in [2.24, 2.45) is 0 Å². The van der Waals surface area contributed by atoms with E-state index in [2.05, 4.69) is 4.39 Å². The molecule has 1 N–H and O–H groups in total. The molecule has 3 nitrogen and oxygen atoms in total. The number of nitrogens with one attached hydrogen (secondary N) is 1. The molecule has 1 unspecified atom stereocenters. The molecule has 0 aliphatic carbocycles. The largest absolute Gasteiger partial charge is 1.00 e. The van der Waals surface area contributed by atoms with E-state index in [1.807, 2.05) is 0 Å². The molecular formula is H5LiNO2SSi-. The minimum Gasteiger partial charge on any atom is -1.00 e. The molecule has 0 aliphatic rings. The van der Waals surface area contributed by atoms with Crippen LogP contribution in [0.25, 0.3) is 0 Å². The van der Waals surface area contributed by atoms with Crippen molar-refractivity contribution in [3.63, 3.8) is 0 Å². The normalized spacial score (nSPS) is 12.8. The van der Waals surface area contributed by atoms with Gasteiger partial charge in [-0.15, -0.1) is 0 Å². The van der Waals surface area contributed by atoms with E-state index in [-0.39, 0.29) is 20.3 Å². The van der Waals surface area contributed by atoms with Crippen LogP contribution in [-0.2, 0) is 11.3 Å². The molecule has 0 aliphatic heterocycles. The van der Waals surface area contributed by atoms with Gasteiger partial charge in [0.2, 0.25) is 0 Å². The van der Waals surface area contributed by atoms with Gasteiger partial charge in [0.25, 0.3) is 0 Å². The fourth-order valence-electron chi connectivity index (χ4n) is 0. The minimum absolute atomic E-state index is 0. The van der Waals surface area contributed by atoms with Gasteiger partial charge in [-0.25, -0.2) is 0 Å². The molecule has 34 valence electrons. The topological polar surface area (TPSA) is 52.2 Å². The zero-order chi connectivity index (χ0) is 4.28. The third-order valence-electron chi connectivity index (χ3n) is 0.167. The van der Waals surface area contributed by atoms with Crippen LogP contribution in [0.1, 0.15) is 1.43 Å². The Balaban J connectivity index is -0.0000000800. The first-order chi connectivity index (χ1) is 2.27. The molecule has 0 fully saturated rings. The second-order valence-electron chi connectivity index (χ2n) is 0.439.